The molecule has 0 unspecified atom stereocenters. The number of aromatic nitrogens is 1. The van der Waals surface area contributed by atoms with Crippen LogP contribution in [0.1, 0.15) is 24.6 Å². The number of para-hydroxylation sites is 1. The van der Waals surface area contributed by atoms with Gasteiger partial charge in [-0.3, -0.25) is 10.1 Å². The summed E-state index contributed by atoms with van der Waals surface area (Å²) in [6, 6.07) is 13.5. The van der Waals surface area contributed by atoms with E-state index in [1.165, 1.54) is 44.7 Å². The van der Waals surface area contributed by atoms with E-state index in [2.05, 4.69) is 30.5 Å². The van der Waals surface area contributed by atoms with Gasteiger partial charge in [0, 0.05) is 53.9 Å². The van der Waals surface area contributed by atoms with Gasteiger partial charge >= 0.3 is 0 Å². The highest BCUT2D eigenvalue weighted by atomic mass is 32.2. The molecule has 1 aliphatic heterocycles. The Bertz CT molecular complexity index is 1270. The van der Waals surface area contributed by atoms with Crippen LogP contribution in [-0.2, 0) is 16.6 Å². The smallest absolute Gasteiger partial charge is 0.270 e. The molecule has 2 heterocycles. The minimum Gasteiger partial charge on any atom is -0.345 e. The number of rotatable bonds is 5. The number of aryl methyl sites for hydroxylation is 1. The van der Waals surface area contributed by atoms with Gasteiger partial charge in [-0.15, -0.1) is 0 Å². The summed E-state index contributed by atoms with van der Waals surface area (Å²) in [4.78, 5) is 10.4. The van der Waals surface area contributed by atoms with E-state index in [0.717, 1.165) is 18.2 Å². The van der Waals surface area contributed by atoms with Crippen LogP contribution in [0.4, 0.5) is 5.69 Å². The first kappa shape index (κ1) is 20.3. The number of nitro groups is 1. The largest absolute Gasteiger partial charge is 0.345 e. The highest BCUT2D eigenvalue weighted by molar-refractivity contribution is 7.89. The zero-order valence-corrected chi connectivity index (χ0v) is 17.7. The summed E-state index contributed by atoms with van der Waals surface area (Å²) in [5, 5.41) is 12.2. The van der Waals surface area contributed by atoms with E-state index in [1.54, 1.807) is 0 Å². The molecule has 4 rings (SSSR count). The van der Waals surface area contributed by atoms with Crippen molar-refractivity contribution < 1.29 is 13.3 Å². The maximum atomic E-state index is 13.0. The maximum absolute atomic E-state index is 13.0. The van der Waals surface area contributed by atoms with Gasteiger partial charge in [0.15, 0.2) is 0 Å². The van der Waals surface area contributed by atoms with Gasteiger partial charge in [0.2, 0.25) is 10.0 Å². The van der Waals surface area contributed by atoms with Crippen molar-refractivity contribution in [1.82, 2.24) is 8.87 Å². The number of sulfonamides is 1. The van der Waals surface area contributed by atoms with E-state index >= 15 is 0 Å². The van der Waals surface area contributed by atoms with Crippen LogP contribution < -0.4 is 0 Å². The molecule has 0 amide bonds. The van der Waals surface area contributed by atoms with Crippen molar-refractivity contribution in [3.8, 4) is 0 Å². The maximum Gasteiger partial charge on any atom is 0.270 e. The quantitative estimate of drug-likeness (QED) is 0.449. The van der Waals surface area contributed by atoms with E-state index in [1.807, 2.05) is 18.2 Å². The van der Waals surface area contributed by atoms with Gasteiger partial charge in [-0.25, -0.2) is 8.42 Å². The Morgan fingerprint density at radius 3 is 2.57 bits per heavy atom. The van der Waals surface area contributed by atoms with Crippen molar-refractivity contribution in [1.29, 1.82) is 0 Å². The first-order valence-corrected chi connectivity index (χ1v) is 11.3. The summed E-state index contributed by atoms with van der Waals surface area (Å²) in [6.07, 6.45) is 2.56. The summed E-state index contributed by atoms with van der Waals surface area (Å²) in [6.45, 7) is 5.66. The fraction of sp³-hybridized carbons (Fsp3) is 0.273. The Morgan fingerprint density at radius 1 is 1.13 bits per heavy atom. The zero-order valence-electron chi connectivity index (χ0n) is 16.9. The number of nitro benzene ring substituents is 1. The Kier molecular flexibility index (Phi) is 5.21. The Balaban J connectivity index is 1.67. The Hall–Kier alpha value is -2.97. The first-order chi connectivity index (χ1) is 14.3. The second kappa shape index (κ2) is 7.70. The predicted molar refractivity (Wildman–Crippen MR) is 117 cm³/mol. The molecule has 156 valence electrons. The zero-order chi connectivity index (χ0) is 21.5. The molecule has 30 heavy (non-hydrogen) atoms. The monoisotopic (exact) mass is 425 g/mol. The molecule has 0 N–H and O–H groups in total. The summed E-state index contributed by atoms with van der Waals surface area (Å²) in [7, 11) is -3.80. The lowest BCUT2D eigenvalue weighted by Crippen LogP contribution is -2.34. The van der Waals surface area contributed by atoms with Crippen molar-refractivity contribution in [2.45, 2.75) is 31.7 Å². The third-order valence-electron chi connectivity index (χ3n) is 5.71. The molecule has 1 aromatic heterocycles. The molecule has 3 aromatic rings. The van der Waals surface area contributed by atoms with Gasteiger partial charge in [0.05, 0.1) is 9.82 Å². The summed E-state index contributed by atoms with van der Waals surface area (Å²) >= 11 is 0. The van der Waals surface area contributed by atoms with E-state index in [0.29, 0.717) is 13.0 Å². The molecule has 0 spiro atoms. The number of nitrogens with zero attached hydrogens (tertiary/aromatic N) is 3. The Morgan fingerprint density at radius 2 is 1.90 bits per heavy atom. The van der Waals surface area contributed by atoms with Crippen LogP contribution in [0.25, 0.3) is 16.5 Å². The van der Waals surface area contributed by atoms with Crippen LogP contribution in [-0.4, -0.2) is 35.3 Å². The normalized spacial score (nSPS) is 15.3. The number of non-ortho nitro benzene ring substituents is 1. The van der Waals surface area contributed by atoms with Crippen LogP contribution in [0.5, 0.6) is 0 Å². The Labute approximate surface area is 175 Å². The molecule has 0 aliphatic carbocycles. The average molecular weight is 426 g/mol. The molecular weight excluding hydrogens is 402 g/mol. The van der Waals surface area contributed by atoms with Crippen molar-refractivity contribution in [2.24, 2.45) is 0 Å². The third-order valence-corrected chi connectivity index (χ3v) is 7.57. The van der Waals surface area contributed by atoms with E-state index < -0.39 is 14.9 Å². The topological polar surface area (TPSA) is 85.5 Å². The van der Waals surface area contributed by atoms with Gasteiger partial charge in [-0.2, -0.15) is 4.31 Å². The molecule has 2 aromatic carbocycles. The third kappa shape index (κ3) is 3.32. The van der Waals surface area contributed by atoms with Gasteiger partial charge < -0.3 is 4.57 Å². The molecule has 1 aliphatic rings. The van der Waals surface area contributed by atoms with Crippen LogP contribution in [0.3, 0.4) is 0 Å². The van der Waals surface area contributed by atoms with E-state index in [4.69, 9.17) is 0 Å². The van der Waals surface area contributed by atoms with Crippen LogP contribution >= 0.6 is 0 Å². The fourth-order valence-electron chi connectivity index (χ4n) is 4.25. The first-order valence-electron chi connectivity index (χ1n) is 9.86. The van der Waals surface area contributed by atoms with Crippen molar-refractivity contribution in [2.75, 3.05) is 13.1 Å². The van der Waals surface area contributed by atoms with E-state index in [-0.39, 0.29) is 17.1 Å². The average Bonchev–Trinajstić information content (AvgIpc) is 3.04. The van der Waals surface area contributed by atoms with Crippen LogP contribution in [0.2, 0.25) is 0 Å². The van der Waals surface area contributed by atoms with Gasteiger partial charge in [0.25, 0.3) is 5.69 Å². The number of fused-ring (bicyclic) bond motifs is 1. The summed E-state index contributed by atoms with van der Waals surface area (Å²) < 4.78 is 29.7. The summed E-state index contributed by atoms with van der Waals surface area (Å²) in [5.41, 5.74) is 4.45. The number of hydrogen-bond acceptors (Lipinski definition) is 4. The molecule has 0 atom stereocenters. The SMILES string of the molecule is CCn1c(C)c(C2=CCN(S(=O)(=O)c3cccc([N+](=O)[O-])c3)CC2)c2ccccc21. The van der Waals surface area contributed by atoms with Gasteiger partial charge in [0.1, 0.15) is 0 Å². The minimum atomic E-state index is -3.80. The van der Waals surface area contributed by atoms with E-state index in [9.17, 15) is 18.5 Å². The lowest BCUT2D eigenvalue weighted by Gasteiger charge is -2.26. The fourth-order valence-corrected chi connectivity index (χ4v) is 5.67. The molecule has 0 saturated carbocycles. The number of benzene rings is 2. The molecule has 0 saturated heterocycles. The predicted octanol–water partition coefficient (Wildman–Crippen LogP) is 4.36. The van der Waals surface area contributed by atoms with Crippen LogP contribution in [0, 0.1) is 17.0 Å². The highest BCUT2D eigenvalue weighted by Crippen LogP contribution is 2.35. The molecule has 0 bridgehead atoms. The number of hydrogen-bond donors (Lipinski definition) is 0. The molecule has 0 fully saturated rings. The molecule has 7 nitrogen and oxygen atoms in total. The molecule has 8 heteroatoms. The lowest BCUT2D eigenvalue weighted by atomic mass is 9.97. The van der Waals surface area contributed by atoms with Crippen molar-refractivity contribution in [3.05, 3.63) is 76.0 Å². The van der Waals surface area contributed by atoms with Crippen LogP contribution in [0.15, 0.2) is 59.5 Å². The molecular formula is C22H23N3O4S. The lowest BCUT2D eigenvalue weighted by molar-refractivity contribution is -0.385. The minimum absolute atomic E-state index is 0.0488. The second-order valence-electron chi connectivity index (χ2n) is 7.32. The van der Waals surface area contributed by atoms with Crippen molar-refractivity contribution >= 4 is 32.2 Å². The van der Waals surface area contributed by atoms with Gasteiger partial charge in [-0.1, -0.05) is 30.3 Å². The molecule has 0 radical (unpaired) electrons. The van der Waals surface area contributed by atoms with Gasteiger partial charge in [-0.05, 0) is 38.0 Å². The highest BCUT2D eigenvalue weighted by Gasteiger charge is 2.29. The van der Waals surface area contributed by atoms with Crippen molar-refractivity contribution in [3.63, 3.8) is 0 Å². The second-order valence-corrected chi connectivity index (χ2v) is 9.26. The summed E-state index contributed by atoms with van der Waals surface area (Å²) in [5.74, 6) is 0. The standard InChI is InChI=1S/C22H23N3O4S/c1-3-24-16(2)22(20-9-4-5-10-21(20)24)17-11-13-23(14-12-17)30(28,29)19-8-6-7-18(15-19)25(26)27/h4-11,15H,3,12-14H2,1-2H3.